The fourth-order valence-electron chi connectivity index (χ4n) is 1.84. The van der Waals surface area contributed by atoms with E-state index in [-0.39, 0.29) is 5.91 Å². The van der Waals surface area contributed by atoms with Gasteiger partial charge in [-0.25, -0.2) is 9.97 Å². The van der Waals surface area contributed by atoms with E-state index in [1.807, 2.05) is 24.3 Å². The first kappa shape index (κ1) is 11.3. The molecule has 2 heterocycles. The number of aromatic nitrogens is 3. The number of anilines is 1. The number of nitrogens with one attached hydrogen (secondary N) is 1. The van der Waals surface area contributed by atoms with Crippen LogP contribution in [0.1, 0.15) is 10.4 Å². The monoisotopic (exact) mass is 250 g/mol. The molecule has 0 fully saturated rings. The lowest BCUT2D eigenvalue weighted by molar-refractivity contribution is 0.102. The molecule has 0 saturated heterocycles. The van der Waals surface area contributed by atoms with Crippen LogP contribution in [0.5, 0.6) is 0 Å². The lowest BCUT2D eigenvalue weighted by atomic mass is 10.1. The molecule has 0 saturated carbocycles. The van der Waals surface area contributed by atoms with E-state index in [4.69, 9.17) is 0 Å². The normalized spacial score (nSPS) is 10.3. The third-order valence-corrected chi connectivity index (χ3v) is 2.70. The molecule has 19 heavy (non-hydrogen) atoms. The number of hydrogen-bond donors (Lipinski definition) is 1. The molecule has 0 aliphatic rings. The van der Waals surface area contributed by atoms with Gasteiger partial charge in [-0.15, -0.1) is 0 Å². The minimum atomic E-state index is -0.233. The highest BCUT2D eigenvalue weighted by atomic mass is 16.1. The Morgan fingerprint density at radius 3 is 2.74 bits per heavy atom. The predicted molar refractivity (Wildman–Crippen MR) is 71.7 cm³/mol. The van der Waals surface area contributed by atoms with Crippen molar-refractivity contribution < 1.29 is 4.79 Å². The smallest absolute Gasteiger partial charge is 0.259 e. The Morgan fingerprint density at radius 2 is 1.89 bits per heavy atom. The van der Waals surface area contributed by atoms with Crippen LogP contribution in [0.4, 0.5) is 5.82 Å². The summed E-state index contributed by atoms with van der Waals surface area (Å²) in [6.45, 7) is 0. The van der Waals surface area contributed by atoms with Gasteiger partial charge in [-0.2, -0.15) is 0 Å². The van der Waals surface area contributed by atoms with Crippen LogP contribution in [0, 0.1) is 0 Å². The maximum atomic E-state index is 12.2. The summed E-state index contributed by atoms with van der Waals surface area (Å²) in [6, 6.07) is 10.9. The number of para-hydroxylation sites is 1. The molecule has 1 aromatic carbocycles. The topological polar surface area (TPSA) is 67.8 Å². The number of fused-ring (bicyclic) bond motifs is 1. The van der Waals surface area contributed by atoms with E-state index in [2.05, 4.69) is 20.3 Å². The van der Waals surface area contributed by atoms with Crippen LogP contribution < -0.4 is 5.32 Å². The molecular weight excluding hydrogens is 240 g/mol. The molecule has 0 bridgehead atoms. The van der Waals surface area contributed by atoms with Crippen LogP contribution in [0.3, 0.4) is 0 Å². The minimum absolute atomic E-state index is 0.233. The molecule has 92 valence electrons. The van der Waals surface area contributed by atoms with Crippen molar-refractivity contribution in [3.8, 4) is 0 Å². The Kier molecular flexibility index (Phi) is 2.86. The summed E-state index contributed by atoms with van der Waals surface area (Å²) in [4.78, 5) is 24.2. The van der Waals surface area contributed by atoms with E-state index in [9.17, 15) is 4.79 Å². The average molecular weight is 250 g/mol. The molecule has 2 aromatic heterocycles. The third kappa shape index (κ3) is 2.26. The summed E-state index contributed by atoms with van der Waals surface area (Å²) < 4.78 is 0. The van der Waals surface area contributed by atoms with Gasteiger partial charge in [0.05, 0.1) is 11.1 Å². The minimum Gasteiger partial charge on any atom is -0.306 e. The SMILES string of the molecule is O=C(Nc1ccncn1)c1cccc2cccnc12. The van der Waals surface area contributed by atoms with Crippen molar-refractivity contribution in [3.63, 3.8) is 0 Å². The highest BCUT2D eigenvalue weighted by Gasteiger charge is 2.11. The Morgan fingerprint density at radius 1 is 1.00 bits per heavy atom. The Bertz CT molecular complexity index is 722. The van der Waals surface area contributed by atoms with Crippen molar-refractivity contribution in [1.29, 1.82) is 0 Å². The Balaban J connectivity index is 1.98. The van der Waals surface area contributed by atoms with Gasteiger partial charge in [-0.1, -0.05) is 18.2 Å². The molecule has 0 aliphatic carbocycles. The van der Waals surface area contributed by atoms with Gasteiger partial charge in [0.2, 0.25) is 0 Å². The fourth-order valence-corrected chi connectivity index (χ4v) is 1.84. The number of pyridine rings is 1. The van der Waals surface area contributed by atoms with Gasteiger partial charge in [0, 0.05) is 17.8 Å². The van der Waals surface area contributed by atoms with Crippen molar-refractivity contribution >= 4 is 22.6 Å². The maximum absolute atomic E-state index is 12.2. The summed E-state index contributed by atoms with van der Waals surface area (Å²) in [7, 11) is 0. The van der Waals surface area contributed by atoms with Gasteiger partial charge in [0.15, 0.2) is 0 Å². The van der Waals surface area contributed by atoms with Crippen molar-refractivity contribution in [2.45, 2.75) is 0 Å². The molecule has 3 rings (SSSR count). The molecule has 5 nitrogen and oxygen atoms in total. The van der Waals surface area contributed by atoms with Crippen molar-refractivity contribution in [3.05, 3.63) is 60.7 Å². The number of carbonyl (C=O) groups excluding carboxylic acids is 1. The van der Waals surface area contributed by atoms with Crippen LogP contribution >= 0.6 is 0 Å². The second kappa shape index (κ2) is 4.81. The number of hydrogen-bond acceptors (Lipinski definition) is 4. The van der Waals surface area contributed by atoms with E-state index in [1.165, 1.54) is 6.33 Å². The summed E-state index contributed by atoms with van der Waals surface area (Å²) in [5.74, 6) is 0.232. The first-order chi connectivity index (χ1) is 9.34. The van der Waals surface area contributed by atoms with E-state index in [1.54, 1.807) is 24.5 Å². The van der Waals surface area contributed by atoms with Crippen molar-refractivity contribution in [2.24, 2.45) is 0 Å². The predicted octanol–water partition coefficient (Wildman–Crippen LogP) is 2.28. The van der Waals surface area contributed by atoms with Gasteiger partial charge in [0.25, 0.3) is 5.91 Å². The van der Waals surface area contributed by atoms with Gasteiger partial charge < -0.3 is 5.32 Å². The summed E-state index contributed by atoms with van der Waals surface area (Å²) in [5, 5.41) is 3.65. The number of nitrogens with zero attached hydrogens (tertiary/aromatic N) is 3. The van der Waals surface area contributed by atoms with Gasteiger partial charge in [-0.3, -0.25) is 9.78 Å². The fraction of sp³-hybridized carbons (Fsp3) is 0. The number of benzene rings is 1. The average Bonchev–Trinajstić information content (AvgIpc) is 2.47. The van der Waals surface area contributed by atoms with E-state index < -0.39 is 0 Å². The van der Waals surface area contributed by atoms with Crippen molar-refractivity contribution in [2.75, 3.05) is 5.32 Å². The zero-order chi connectivity index (χ0) is 13.1. The Labute approximate surface area is 109 Å². The maximum Gasteiger partial charge on any atom is 0.259 e. The van der Waals surface area contributed by atoms with Crippen LogP contribution in [0.2, 0.25) is 0 Å². The van der Waals surface area contributed by atoms with Crippen LogP contribution in [-0.4, -0.2) is 20.9 Å². The summed E-state index contributed by atoms with van der Waals surface area (Å²) >= 11 is 0. The second-order valence-electron chi connectivity index (χ2n) is 3.93. The molecule has 5 heteroatoms. The number of carbonyl (C=O) groups is 1. The Hall–Kier alpha value is -2.82. The second-order valence-corrected chi connectivity index (χ2v) is 3.93. The molecule has 0 spiro atoms. The zero-order valence-corrected chi connectivity index (χ0v) is 9.95. The standard InChI is InChI=1S/C14H10N4O/c19-14(18-12-6-8-15-9-17-12)11-5-1-3-10-4-2-7-16-13(10)11/h1-9H,(H,15,17,18,19). The van der Waals surface area contributed by atoms with Crippen molar-refractivity contribution in [1.82, 2.24) is 15.0 Å². The first-order valence-corrected chi connectivity index (χ1v) is 5.76. The van der Waals surface area contributed by atoms with E-state index in [0.717, 1.165) is 5.39 Å². The van der Waals surface area contributed by atoms with E-state index >= 15 is 0 Å². The summed E-state index contributed by atoms with van der Waals surface area (Å²) in [6.07, 6.45) is 4.63. The lowest BCUT2D eigenvalue weighted by Gasteiger charge is -2.06. The largest absolute Gasteiger partial charge is 0.306 e. The summed E-state index contributed by atoms with van der Waals surface area (Å²) in [5.41, 5.74) is 1.20. The van der Waals surface area contributed by atoms with Crippen LogP contribution in [-0.2, 0) is 0 Å². The molecule has 3 aromatic rings. The number of rotatable bonds is 2. The number of amides is 1. The molecule has 0 unspecified atom stereocenters. The molecule has 1 N–H and O–H groups in total. The first-order valence-electron chi connectivity index (χ1n) is 5.76. The van der Waals surface area contributed by atoms with Gasteiger partial charge >= 0.3 is 0 Å². The highest BCUT2D eigenvalue weighted by molar-refractivity contribution is 6.11. The van der Waals surface area contributed by atoms with Gasteiger partial charge in [0.1, 0.15) is 12.1 Å². The zero-order valence-electron chi connectivity index (χ0n) is 9.95. The van der Waals surface area contributed by atoms with Crippen LogP contribution in [0.15, 0.2) is 55.1 Å². The van der Waals surface area contributed by atoms with E-state index in [0.29, 0.717) is 16.9 Å². The molecule has 0 aliphatic heterocycles. The third-order valence-electron chi connectivity index (χ3n) is 2.70. The van der Waals surface area contributed by atoms with Gasteiger partial charge in [-0.05, 0) is 18.2 Å². The molecular formula is C14H10N4O. The lowest BCUT2D eigenvalue weighted by Crippen LogP contribution is -2.13. The quantitative estimate of drug-likeness (QED) is 0.757. The highest BCUT2D eigenvalue weighted by Crippen LogP contribution is 2.16. The molecule has 0 radical (unpaired) electrons. The molecule has 1 amide bonds. The van der Waals surface area contributed by atoms with Crippen LogP contribution in [0.25, 0.3) is 10.9 Å². The molecule has 0 atom stereocenters.